The van der Waals surface area contributed by atoms with Crippen molar-refractivity contribution in [3.05, 3.63) is 11.6 Å². The molecule has 12 heavy (non-hydrogen) atoms. The molecular weight excluding hydrogens is 156 g/mol. The minimum absolute atomic E-state index is 0.0165. The molecule has 0 fully saturated rings. The van der Waals surface area contributed by atoms with Gasteiger partial charge in [-0.25, -0.2) is 4.79 Å². The number of ether oxygens (including phenoxy) is 2. The molecule has 0 aromatic heterocycles. The lowest BCUT2D eigenvalue weighted by Crippen LogP contribution is -2.32. The van der Waals surface area contributed by atoms with Gasteiger partial charge < -0.3 is 9.47 Å². The summed E-state index contributed by atoms with van der Waals surface area (Å²) in [7, 11) is 1.38. The van der Waals surface area contributed by atoms with Crippen LogP contribution in [0.4, 0.5) is 0 Å². The first-order valence-corrected chi connectivity index (χ1v) is 4.04. The first-order valence-electron chi connectivity index (χ1n) is 4.04. The highest BCUT2D eigenvalue weighted by molar-refractivity contribution is 5.75. The lowest BCUT2D eigenvalue weighted by molar-refractivity contribution is -0.156. The average Bonchev–Trinajstić information content (AvgIpc) is 2.01. The Hall–Kier alpha value is -0.830. The molecular formula is C9H14O3. The standard InChI is InChI=1S/C9H14O3/c1-6-4-7(2)12-8(5-6)9(10)11-3/h4,7-8H,5H2,1-3H3/t7-,8+/m1/s1. The van der Waals surface area contributed by atoms with E-state index in [9.17, 15) is 4.79 Å². The summed E-state index contributed by atoms with van der Waals surface area (Å²) in [5, 5.41) is 0. The molecule has 0 unspecified atom stereocenters. The second kappa shape index (κ2) is 3.72. The number of hydrogen-bond donors (Lipinski definition) is 0. The summed E-state index contributed by atoms with van der Waals surface area (Å²) in [5.74, 6) is -0.283. The van der Waals surface area contributed by atoms with Crippen molar-refractivity contribution in [2.75, 3.05) is 7.11 Å². The first kappa shape index (κ1) is 9.26. The van der Waals surface area contributed by atoms with Gasteiger partial charge in [0.15, 0.2) is 6.10 Å². The second-order valence-corrected chi connectivity index (χ2v) is 3.07. The number of methoxy groups -OCH3 is 1. The maximum Gasteiger partial charge on any atom is 0.335 e. The van der Waals surface area contributed by atoms with E-state index in [-0.39, 0.29) is 12.1 Å². The van der Waals surface area contributed by atoms with Gasteiger partial charge in [0.25, 0.3) is 0 Å². The van der Waals surface area contributed by atoms with Gasteiger partial charge in [0.2, 0.25) is 0 Å². The van der Waals surface area contributed by atoms with Crippen LogP contribution in [0.25, 0.3) is 0 Å². The smallest absolute Gasteiger partial charge is 0.335 e. The minimum Gasteiger partial charge on any atom is -0.467 e. The van der Waals surface area contributed by atoms with Crippen LogP contribution in [0, 0.1) is 0 Å². The molecule has 2 atom stereocenters. The van der Waals surface area contributed by atoms with Gasteiger partial charge in [-0.3, -0.25) is 0 Å². The third kappa shape index (κ3) is 2.08. The summed E-state index contributed by atoms with van der Waals surface area (Å²) in [4.78, 5) is 11.1. The molecule has 0 saturated heterocycles. The molecule has 0 aromatic carbocycles. The van der Waals surface area contributed by atoms with Gasteiger partial charge in [0, 0.05) is 6.42 Å². The number of hydrogen-bond acceptors (Lipinski definition) is 3. The van der Waals surface area contributed by atoms with Gasteiger partial charge in [-0.2, -0.15) is 0 Å². The van der Waals surface area contributed by atoms with Crippen LogP contribution in [0.5, 0.6) is 0 Å². The summed E-state index contributed by atoms with van der Waals surface area (Å²) in [6.45, 7) is 3.91. The van der Waals surface area contributed by atoms with Crippen molar-refractivity contribution in [2.45, 2.75) is 32.5 Å². The number of carbonyl (C=O) groups excluding carboxylic acids is 1. The third-order valence-corrected chi connectivity index (χ3v) is 1.87. The highest BCUT2D eigenvalue weighted by Gasteiger charge is 2.25. The van der Waals surface area contributed by atoms with E-state index in [0.29, 0.717) is 6.42 Å². The van der Waals surface area contributed by atoms with Crippen LogP contribution in [0.2, 0.25) is 0 Å². The van der Waals surface area contributed by atoms with Crippen LogP contribution in [-0.4, -0.2) is 25.3 Å². The maximum absolute atomic E-state index is 11.1. The molecule has 0 saturated carbocycles. The molecule has 1 aliphatic heterocycles. The molecule has 0 radical (unpaired) electrons. The quantitative estimate of drug-likeness (QED) is 0.439. The van der Waals surface area contributed by atoms with E-state index in [1.54, 1.807) is 0 Å². The van der Waals surface area contributed by atoms with Crippen molar-refractivity contribution in [3.8, 4) is 0 Å². The summed E-state index contributed by atoms with van der Waals surface area (Å²) in [6, 6.07) is 0. The Morgan fingerprint density at radius 2 is 2.42 bits per heavy atom. The Labute approximate surface area is 72.4 Å². The van der Waals surface area contributed by atoms with E-state index >= 15 is 0 Å². The average molecular weight is 170 g/mol. The van der Waals surface area contributed by atoms with Crippen LogP contribution in [0.15, 0.2) is 11.6 Å². The van der Waals surface area contributed by atoms with E-state index in [1.165, 1.54) is 12.7 Å². The summed E-state index contributed by atoms with van der Waals surface area (Å²) >= 11 is 0. The normalized spacial score (nSPS) is 29.4. The first-order chi connectivity index (χ1) is 5.63. The second-order valence-electron chi connectivity index (χ2n) is 3.07. The van der Waals surface area contributed by atoms with Gasteiger partial charge in [-0.15, -0.1) is 0 Å². The van der Waals surface area contributed by atoms with Crippen LogP contribution in [0.3, 0.4) is 0 Å². The Morgan fingerprint density at radius 1 is 1.75 bits per heavy atom. The molecule has 3 heteroatoms. The topological polar surface area (TPSA) is 35.5 Å². The van der Waals surface area contributed by atoms with E-state index in [4.69, 9.17) is 4.74 Å². The fraction of sp³-hybridized carbons (Fsp3) is 0.667. The SMILES string of the molecule is COC(=O)[C@@H]1CC(C)=C[C@@H](C)O1. The van der Waals surface area contributed by atoms with Crippen LogP contribution in [-0.2, 0) is 14.3 Å². The summed E-state index contributed by atoms with van der Waals surface area (Å²) in [5.41, 5.74) is 1.18. The highest BCUT2D eigenvalue weighted by Crippen LogP contribution is 2.18. The van der Waals surface area contributed by atoms with Crippen molar-refractivity contribution in [2.24, 2.45) is 0 Å². The highest BCUT2D eigenvalue weighted by atomic mass is 16.6. The van der Waals surface area contributed by atoms with Crippen molar-refractivity contribution in [3.63, 3.8) is 0 Å². The number of esters is 1. The summed E-state index contributed by atoms with van der Waals surface area (Å²) < 4.78 is 9.95. The zero-order chi connectivity index (χ0) is 9.14. The van der Waals surface area contributed by atoms with Crippen molar-refractivity contribution in [1.82, 2.24) is 0 Å². The zero-order valence-corrected chi connectivity index (χ0v) is 7.66. The molecule has 0 aliphatic carbocycles. The molecule has 68 valence electrons. The largest absolute Gasteiger partial charge is 0.467 e. The molecule has 0 spiro atoms. The predicted molar refractivity (Wildman–Crippen MR) is 44.7 cm³/mol. The van der Waals surface area contributed by atoms with E-state index < -0.39 is 6.10 Å². The fourth-order valence-electron chi connectivity index (χ4n) is 1.38. The van der Waals surface area contributed by atoms with Crippen molar-refractivity contribution >= 4 is 5.97 Å². The van der Waals surface area contributed by atoms with Crippen molar-refractivity contribution in [1.29, 1.82) is 0 Å². The van der Waals surface area contributed by atoms with E-state index in [0.717, 1.165) is 0 Å². The van der Waals surface area contributed by atoms with Gasteiger partial charge in [0.05, 0.1) is 13.2 Å². The number of rotatable bonds is 1. The van der Waals surface area contributed by atoms with Crippen LogP contribution < -0.4 is 0 Å². The van der Waals surface area contributed by atoms with Crippen LogP contribution >= 0.6 is 0 Å². The Kier molecular flexibility index (Phi) is 2.87. The molecule has 0 amide bonds. The minimum atomic E-state index is -0.407. The number of carbonyl (C=O) groups is 1. The van der Waals surface area contributed by atoms with E-state index in [1.807, 2.05) is 19.9 Å². The van der Waals surface area contributed by atoms with E-state index in [2.05, 4.69) is 4.74 Å². The fourth-order valence-corrected chi connectivity index (χ4v) is 1.38. The molecule has 0 bridgehead atoms. The Balaban J connectivity index is 2.61. The van der Waals surface area contributed by atoms with Crippen LogP contribution in [0.1, 0.15) is 20.3 Å². The molecule has 1 heterocycles. The zero-order valence-electron chi connectivity index (χ0n) is 7.66. The lowest BCUT2D eigenvalue weighted by atomic mass is 10.0. The monoisotopic (exact) mass is 170 g/mol. The van der Waals surface area contributed by atoms with Gasteiger partial charge in [-0.05, 0) is 13.8 Å². The summed E-state index contributed by atoms with van der Waals surface area (Å²) in [6.07, 6.45) is 2.27. The molecule has 3 nitrogen and oxygen atoms in total. The lowest BCUT2D eigenvalue weighted by Gasteiger charge is -2.24. The maximum atomic E-state index is 11.1. The predicted octanol–water partition coefficient (Wildman–Crippen LogP) is 1.28. The Bertz CT molecular complexity index is 208. The molecule has 1 rings (SSSR count). The Morgan fingerprint density at radius 3 is 2.92 bits per heavy atom. The van der Waals surface area contributed by atoms with Gasteiger partial charge in [-0.1, -0.05) is 11.6 Å². The van der Waals surface area contributed by atoms with Gasteiger partial charge in [0.1, 0.15) is 0 Å². The van der Waals surface area contributed by atoms with Gasteiger partial charge >= 0.3 is 5.97 Å². The third-order valence-electron chi connectivity index (χ3n) is 1.87. The van der Waals surface area contributed by atoms with Crippen molar-refractivity contribution < 1.29 is 14.3 Å². The molecule has 0 aromatic rings. The molecule has 0 N–H and O–H groups in total. The molecule has 1 aliphatic rings.